The number of nitrogens with one attached hydrogen (secondary N) is 1. The molecule has 0 heterocycles. The summed E-state index contributed by atoms with van der Waals surface area (Å²) in [6.45, 7) is 3.54. The average molecular weight is 194 g/mol. The van der Waals surface area contributed by atoms with Crippen molar-refractivity contribution >= 4 is 11.6 Å². The van der Waals surface area contributed by atoms with Crippen LogP contribution in [0.5, 0.6) is 0 Å². The van der Waals surface area contributed by atoms with Gasteiger partial charge in [0.1, 0.15) is 0 Å². The number of hydrazone groups is 1. The normalized spacial score (nSPS) is 36.1. The Kier molecular flexibility index (Phi) is 2.57. The third-order valence-corrected chi connectivity index (χ3v) is 3.66. The zero-order valence-corrected chi connectivity index (χ0v) is 8.92. The molecule has 1 amide bonds. The van der Waals surface area contributed by atoms with Gasteiger partial charge in [0, 0.05) is 18.6 Å². The summed E-state index contributed by atoms with van der Waals surface area (Å²) in [4.78, 5) is 10.7. The van der Waals surface area contributed by atoms with Crippen LogP contribution in [0.4, 0.5) is 0 Å². The van der Waals surface area contributed by atoms with Crippen LogP contribution in [0.15, 0.2) is 5.10 Å². The molecule has 0 radical (unpaired) electrons. The van der Waals surface area contributed by atoms with Gasteiger partial charge in [0.05, 0.1) is 0 Å². The number of hydrogen-bond donors (Lipinski definition) is 1. The molecule has 78 valence electrons. The number of nitrogens with zero attached hydrogens (tertiary/aromatic N) is 1. The van der Waals surface area contributed by atoms with Crippen LogP contribution in [-0.4, -0.2) is 11.6 Å². The highest BCUT2D eigenvalue weighted by molar-refractivity contribution is 5.86. The summed E-state index contributed by atoms with van der Waals surface area (Å²) in [7, 11) is 0. The molecule has 0 spiro atoms. The van der Waals surface area contributed by atoms with Gasteiger partial charge in [-0.05, 0) is 38.0 Å². The molecule has 3 atom stereocenters. The minimum Gasteiger partial charge on any atom is -0.274 e. The van der Waals surface area contributed by atoms with Gasteiger partial charge in [0.15, 0.2) is 0 Å². The van der Waals surface area contributed by atoms with Crippen molar-refractivity contribution in [1.82, 2.24) is 5.43 Å². The Balaban J connectivity index is 1.95. The van der Waals surface area contributed by atoms with E-state index in [1.807, 2.05) is 6.92 Å². The van der Waals surface area contributed by atoms with Crippen LogP contribution in [0, 0.1) is 17.8 Å². The van der Waals surface area contributed by atoms with Gasteiger partial charge in [-0.2, -0.15) is 5.10 Å². The van der Waals surface area contributed by atoms with E-state index in [1.165, 1.54) is 32.6 Å². The molecule has 2 fully saturated rings. The van der Waals surface area contributed by atoms with Crippen molar-refractivity contribution < 1.29 is 4.79 Å². The van der Waals surface area contributed by atoms with Crippen LogP contribution in [0.3, 0.4) is 0 Å². The Bertz CT molecular complexity index is 272. The smallest absolute Gasteiger partial charge is 0.236 e. The lowest BCUT2D eigenvalue weighted by Crippen LogP contribution is -2.23. The van der Waals surface area contributed by atoms with Gasteiger partial charge in [-0.15, -0.1) is 0 Å². The molecule has 0 aromatic rings. The quantitative estimate of drug-likeness (QED) is 0.529. The van der Waals surface area contributed by atoms with E-state index in [2.05, 4.69) is 10.5 Å². The van der Waals surface area contributed by atoms with Crippen LogP contribution < -0.4 is 5.43 Å². The number of amides is 1. The van der Waals surface area contributed by atoms with Crippen molar-refractivity contribution in [3.05, 3.63) is 0 Å². The number of carbonyl (C=O) groups is 1. The summed E-state index contributed by atoms with van der Waals surface area (Å²) in [5, 5.41) is 4.14. The standard InChI is InChI=1S/C11H18N2O/c1-7(12-13-8(2)14)11-6-9-3-4-10(11)5-9/h9-11H,3-6H2,1-2H3,(H,13,14)/b12-7-/t9-,10+,11-/m0/s1. The third kappa shape index (κ3) is 1.81. The van der Waals surface area contributed by atoms with Gasteiger partial charge < -0.3 is 0 Å². The molecule has 2 rings (SSSR count). The maximum atomic E-state index is 10.7. The van der Waals surface area contributed by atoms with Crippen molar-refractivity contribution in [1.29, 1.82) is 0 Å². The lowest BCUT2D eigenvalue weighted by molar-refractivity contribution is -0.118. The first-order valence-corrected chi connectivity index (χ1v) is 5.47. The van der Waals surface area contributed by atoms with Crippen molar-refractivity contribution in [2.75, 3.05) is 0 Å². The van der Waals surface area contributed by atoms with Gasteiger partial charge in [0.2, 0.25) is 5.91 Å². The highest BCUT2D eigenvalue weighted by Crippen LogP contribution is 2.48. The molecule has 3 heteroatoms. The molecular formula is C11H18N2O. The Morgan fingerprint density at radius 2 is 2.07 bits per heavy atom. The van der Waals surface area contributed by atoms with Gasteiger partial charge in [-0.3, -0.25) is 4.79 Å². The first-order chi connectivity index (χ1) is 6.66. The van der Waals surface area contributed by atoms with E-state index >= 15 is 0 Å². The maximum absolute atomic E-state index is 10.7. The van der Waals surface area contributed by atoms with Crippen molar-refractivity contribution in [3.8, 4) is 0 Å². The monoisotopic (exact) mass is 194 g/mol. The van der Waals surface area contributed by atoms with E-state index in [1.54, 1.807) is 0 Å². The lowest BCUT2D eigenvalue weighted by Gasteiger charge is -2.20. The zero-order chi connectivity index (χ0) is 10.1. The van der Waals surface area contributed by atoms with Crippen LogP contribution in [0.25, 0.3) is 0 Å². The summed E-state index contributed by atoms with van der Waals surface area (Å²) in [5.41, 5.74) is 3.65. The predicted octanol–water partition coefficient (Wildman–Crippen LogP) is 1.93. The minimum absolute atomic E-state index is 0.0764. The zero-order valence-electron chi connectivity index (χ0n) is 8.92. The fourth-order valence-corrected chi connectivity index (χ4v) is 3.01. The molecule has 2 aliphatic carbocycles. The molecule has 2 aliphatic rings. The molecule has 2 saturated carbocycles. The molecule has 3 nitrogen and oxygen atoms in total. The molecule has 14 heavy (non-hydrogen) atoms. The SMILES string of the molecule is CC(=O)N/N=C(/C)[C@@H]1C[C@H]2CC[C@@H]1C2. The molecule has 2 bridgehead atoms. The van der Waals surface area contributed by atoms with E-state index in [0.717, 1.165) is 17.5 Å². The number of rotatable bonds is 2. The van der Waals surface area contributed by atoms with Crippen molar-refractivity contribution in [2.24, 2.45) is 22.9 Å². The van der Waals surface area contributed by atoms with Crippen LogP contribution in [0.1, 0.15) is 39.5 Å². The predicted molar refractivity (Wildman–Crippen MR) is 55.9 cm³/mol. The largest absolute Gasteiger partial charge is 0.274 e. The molecular weight excluding hydrogens is 176 g/mol. The summed E-state index contributed by atoms with van der Waals surface area (Å²) in [6.07, 6.45) is 5.45. The van der Waals surface area contributed by atoms with E-state index in [9.17, 15) is 4.79 Å². The van der Waals surface area contributed by atoms with E-state index in [0.29, 0.717) is 5.92 Å². The topological polar surface area (TPSA) is 41.5 Å². The van der Waals surface area contributed by atoms with Gasteiger partial charge in [0.25, 0.3) is 0 Å². The first-order valence-electron chi connectivity index (χ1n) is 5.47. The Morgan fingerprint density at radius 3 is 2.57 bits per heavy atom. The van der Waals surface area contributed by atoms with Crippen LogP contribution >= 0.6 is 0 Å². The molecule has 0 saturated heterocycles. The average Bonchev–Trinajstić information content (AvgIpc) is 2.74. The second-order valence-corrected chi connectivity index (χ2v) is 4.70. The first kappa shape index (κ1) is 9.69. The third-order valence-electron chi connectivity index (χ3n) is 3.66. The van der Waals surface area contributed by atoms with E-state index in [4.69, 9.17) is 0 Å². The van der Waals surface area contributed by atoms with Crippen molar-refractivity contribution in [2.45, 2.75) is 39.5 Å². The fraction of sp³-hybridized carbons (Fsp3) is 0.818. The van der Waals surface area contributed by atoms with Crippen molar-refractivity contribution in [3.63, 3.8) is 0 Å². The second kappa shape index (κ2) is 3.71. The molecule has 0 aliphatic heterocycles. The molecule has 0 aromatic carbocycles. The van der Waals surface area contributed by atoms with Crippen LogP contribution in [0.2, 0.25) is 0 Å². The summed E-state index contributed by atoms with van der Waals surface area (Å²) < 4.78 is 0. The van der Waals surface area contributed by atoms with Crippen LogP contribution in [-0.2, 0) is 4.79 Å². The summed E-state index contributed by atoms with van der Waals surface area (Å²) >= 11 is 0. The Labute approximate surface area is 85.0 Å². The number of carbonyl (C=O) groups excluding carboxylic acids is 1. The minimum atomic E-state index is -0.0764. The summed E-state index contributed by atoms with van der Waals surface area (Å²) in [5.74, 6) is 2.35. The second-order valence-electron chi connectivity index (χ2n) is 4.70. The Morgan fingerprint density at radius 1 is 1.29 bits per heavy atom. The lowest BCUT2D eigenvalue weighted by atomic mass is 9.86. The fourth-order valence-electron chi connectivity index (χ4n) is 3.01. The molecule has 0 aromatic heterocycles. The van der Waals surface area contributed by atoms with E-state index in [-0.39, 0.29) is 5.91 Å². The Hall–Kier alpha value is -0.860. The van der Waals surface area contributed by atoms with E-state index < -0.39 is 0 Å². The number of fused-ring (bicyclic) bond motifs is 2. The highest BCUT2D eigenvalue weighted by atomic mass is 16.2. The molecule has 0 unspecified atom stereocenters. The summed E-state index contributed by atoms with van der Waals surface area (Å²) in [6, 6.07) is 0. The maximum Gasteiger partial charge on any atom is 0.236 e. The highest BCUT2D eigenvalue weighted by Gasteiger charge is 2.40. The van der Waals surface area contributed by atoms with Gasteiger partial charge in [-0.25, -0.2) is 5.43 Å². The number of hydrogen-bond acceptors (Lipinski definition) is 2. The van der Waals surface area contributed by atoms with Gasteiger partial charge >= 0.3 is 0 Å². The molecule has 1 N–H and O–H groups in total. The van der Waals surface area contributed by atoms with Gasteiger partial charge in [-0.1, -0.05) is 6.42 Å².